The summed E-state index contributed by atoms with van der Waals surface area (Å²) in [5, 5.41) is 0. The molecule has 0 aromatic heterocycles. The Morgan fingerprint density at radius 1 is 0.296 bits per heavy atom. The molecule has 0 N–H and O–H groups in total. The predicted molar refractivity (Wildman–Crippen MR) is 307 cm³/mol. The Kier molecular flexibility index (Phi) is 57.2. The summed E-state index contributed by atoms with van der Waals surface area (Å²) in [7, 11) is 0. The van der Waals surface area contributed by atoms with E-state index in [-0.39, 0.29) is 31.1 Å². The summed E-state index contributed by atoms with van der Waals surface area (Å²) in [5.74, 6) is -0.871. The number of ether oxygens (including phenoxy) is 3. The SMILES string of the molecule is CC/C=C\C/C=C\C/C=C\C/C=C\CCCCCCCCCCCCCCC(=O)OCC(COC(=O)CCCCCCC/C=C\CCC)OC(=O)CCCCCCCCCCCCCCCCCCCC. The van der Waals surface area contributed by atoms with Gasteiger partial charge >= 0.3 is 17.9 Å². The zero-order valence-corrected chi connectivity index (χ0v) is 47.2. The minimum Gasteiger partial charge on any atom is -0.462 e. The molecule has 1 atom stereocenters. The number of unbranched alkanes of at least 4 members (excludes halogenated alkanes) is 35. The van der Waals surface area contributed by atoms with Gasteiger partial charge < -0.3 is 14.2 Å². The molecule has 0 aromatic rings. The first-order valence-corrected chi connectivity index (χ1v) is 30.8. The van der Waals surface area contributed by atoms with Crippen molar-refractivity contribution >= 4 is 17.9 Å². The van der Waals surface area contributed by atoms with Gasteiger partial charge in [-0.05, 0) is 77.0 Å². The quantitative estimate of drug-likeness (QED) is 0.0261. The van der Waals surface area contributed by atoms with E-state index < -0.39 is 6.10 Å². The van der Waals surface area contributed by atoms with Crippen LogP contribution in [0, 0.1) is 0 Å². The molecule has 6 heteroatoms. The Bertz CT molecular complexity index is 1280. The highest BCUT2D eigenvalue weighted by atomic mass is 16.6. The van der Waals surface area contributed by atoms with Gasteiger partial charge in [-0.3, -0.25) is 14.4 Å². The van der Waals surface area contributed by atoms with Crippen LogP contribution in [0.3, 0.4) is 0 Å². The molecule has 0 fully saturated rings. The molecule has 0 saturated heterocycles. The summed E-state index contributed by atoms with van der Waals surface area (Å²) < 4.78 is 16.9. The van der Waals surface area contributed by atoms with Crippen LogP contribution < -0.4 is 0 Å². The van der Waals surface area contributed by atoms with Crippen molar-refractivity contribution in [2.24, 2.45) is 0 Å². The molecule has 0 aromatic carbocycles. The van der Waals surface area contributed by atoms with Crippen LogP contribution in [0.5, 0.6) is 0 Å². The summed E-state index contributed by atoms with van der Waals surface area (Å²) in [6.45, 7) is 6.50. The molecule has 6 nitrogen and oxygen atoms in total. The third-order valence-corrected chi connectivity index (χ3v) is 13.5. The molecule has 0 saturated carbocycles. The fraction of sp³-hybridized carbons (Fsp3) is 0.800. The summed E-state index contributed by atoms with van der Waals surface area (Å²) in [5.41, 5.74) is 0. The molecule has 0 radical (unpaired) electrons. The molecule has 71 heavy (non-hydrogen) atoms. The molecule has 0 amide bonds. The van der Waals surface area contributed by atoms with E-state index in [4.69, 9.17) is 14.2 Å². The molecule has 0 aliphatic carbocycles. The molecule has 1 unspecified atom stereocenters. The maximum Gasteiger partial charge on any atom is 0.306 e. The second-order valence-electron chi connectivity index (χ2n) is 20.6. The molecule has 0 rings (SSSR count). The van der Waals surface area contributed by atoms with Gasteiger partial charge in [0.05, 0.1) is 0 Å². The maximum absolute atomic E-state index is 12.9. The van der Waals surface area contributed by atoms with E-state index >= 15 is 0 Å². The minimum absolute atomic E-state index is 0.0744. The molecule has 412 valence electrons. The van der Waals surface area contributed by atoms with E-state index in [1.165, 1.54) is 180 Å². The average molecular weight is 994 g/mol. The van der Waals surface area contributed by atoms with Crippen LogP contribution in [0.25, 0.3) is 0 Å². The highest BCUT2D eigenvalue weighted by Gasteiger charge is 2.19. The van der Waals surface area contributed by atoms with Crippen LogP contribution in [-0.2, 0) is 28.6 Å². The number of carbonyl (C=O) groups excluding carboxylic acids is 3. The Morgan fingerprint density at radius 2 is 0.577 bits per heavy atom. The monoisotopic (exact) mass is 993 g/mol. The van der Waals surface area contributed by atoms with Crippen LogP contribution in [0.2, 0.25) is 0 Å². The zero-order valence-electron chi connectivity index (χ0n) is 47.2. The van der Waals surface area contributed by atoms with Crippen molar-refractivity contribution in [2.75, 3.05) is 13.2 Å². The highest BCUT2D eigenvalue weighted by molar-refractivity contribution is 5.71. The number of hydrogen-bond acceptors (Lipinski definition) is 6. The Morgan fingerprint density at radius 3 is 0.930 bits per heavy atom. The first-order valence-electron chi connectivity index (χ1n) is 30.8. The van der Waals surface area contributed by atoms with Crippen molar-refractivity contribution in [2.45, 2.75) is 322 Å². The van der Waals surface area contributed by atoms with Gasteiger partial charge in [0.15, 0.2) is 6.10 Å². The molecule has 0 heterocycles. The van der Waals surface area contributed by atoms with Gasteiger partial charge in [0.2, 0.25) is 0 Å². The molecule has 0 aliphatic heterocycles. The number of carbonyl (C=O) groups is 3. The Hall–Kier alpha value is -2.89. The topological polar surface area (TPSA) is 78.9 Å². The van der Waals surface area contributed by atoms with Gasteiger partial charge in [-0.2, -0.15) is 0 Å². The fourth-order valence-corrected chi connectivity index (χ4v) is 8.91. The van der Waals surface area contributed by atoms with Crippen LogP contribution in [0.4, 0.5) is 0 Å². The predicted octanol–water partition coefficient (Wildman–Crippen LogP) is 20.8. The van der Waals surface area contributed by atoms with E-state index in [0.717, 1.165) is 96.3 Å². The molecule has 0 aliphatic rings. The molecule has 0 bridgehead atoms. The largest absolute Gasteiger partial charge is 0.462 e. The van der Waals surface area contributed by atoms with Crippen molar-refractivity contribution in [1.82, 2.24) is 0 Å². The normalized spacial score (nSPS) is 12.4. The van der Waals surface area contributed by atoms with Crippen molar-refractivity contribution in [3.63, 3.8) is 0 Å². The lowest BCUT2D eigenvalue weighted by atomic mass is 10.0. The summed E-state index contributed by atoms with van der Waals surface area (Å²) >= 11 is 0. The van der Waals surface area contributed by atoms with Gasteiger partial charge in [-0.25, -0.2) is 0 Å². The molecular formula is C65H116O6. The average Bonchev–Trinajstić information content (AvgIpc) is 3.37. The Balaban J connectivity index is 4.21. The van der Waals surface area contributed by atoms with E-state index in [1.54, 1.807) is 0 Å². The number of allylic oxidation sites excluding steroid dienone is 10. The maximum atomic E-state index is 12.9. The van der Waals surface area contributed by atoms with Crippen molar-refractivity contribution in [1.29, 1.82) is 0 Å². The molecule has 0 spiro atoms. The van der Waals surface area contributed by atoms with Crippen molar-refractivity contribution in [3.8, 4) is 0 Å². The lowest BCUT2D eigenvalue weighted by molar-refractivity contribution is -0.167. The van der Waals surface area contributed by atoms with E-state index in [0.29, 0.717) is 19.3 Å². The van der Waals surface area contributed by atoms with Crippen LogP contribution in [-0.4, -0.2) is 37.2 Å². The number of rotatable bonds is 56. The second kappa shape index (κ2) is 59.7. The standard InChI is InChI=1S/C65H116O6/c1-4-7-10-13-16-19-22-24-26-28-30-31-32-33-34-35-36-38-39-41-43-46-49-52-55-58-64(67)70-61-62(60-69-63(66)57-54-51-48-45-21-18-15-12-9-6-3)71-65(68)59-56-53-50-47-44-42-40-37-29-27-25-23-20-17-14-11-8-5-2/h7,10,12,15-16,19,24,26,30-31,62H,4-6,8-9,11,13-14,17-18,20-23,25,27-29,32-61H2,1-3H3/b10-7-,15-12-,19-16-,26-24-,31-30-. The third-order valence-electron chi connectivity index (χ3n) is 13.5. The summed E-state index contributed by atoms with van der Waals surface area (Å²) in [6, 6.07) is 0. The van der Waals surface area contributed by atoms with Gasteiger partial charge in [0, 0.05) is 19.3 Å². The first-order chi connectivity index (χ1) is 35.0. The minimum atomic E-state index is -0.775. The number of hydrogen-bond donors (Lipinski definition) is 0. The zero-order chi connectivity index (χ0) is 51.4. The van der Waals surface area contributed by atoms with E-state index in [1.807, 2.05) is 0 Å². The van der Waals surface area contributed by atoms with Gasteiger partial charge in [-0.1, -0.05) is 281 Å². The lowest BCUT2D eigenvalue weighted by Crippen LogP contribution is -2.30. The van der Waals surface area contributed by atoms with E-state index in [9.17, 15) is 14.4 Å². The number of esters is 3. The highest BCUT2D eigenvalue weighted by Crippen LogP contribution is 2.17. The lowest BCUT2D eigenvalue weighted by Gasteiger charge is -2.18. The fourth-order valence-electron chi connectivity index (χ4n) is 8.91. The van der Waals surface area contributed by atoms with Crippen LogP contribution in [0.1, 0.15) is 316 Å². The van der Waals surface area contributed by atoms with Gasteiger partial charge in [-0.15, -0.1) is 0 Å². The Labute approximate surface area is 440 Å². The van der Waals surface area contributed by atoms with Crippen molar-refractivity contribution in [3.05, 3.63) is 60.8 Å². The summed E-state index contributed by atoms with van der Waals surface area (Å²) in [4.78, 5) is 38.2. The van der Waals surface area contributed by atoms with Crippen LogP contribution in [0.15, 0.2) is 60.8 Å². The van der Waals surface area contributed by atoms with Gasteiger partial charge in [0.1, 0.15) is 13.2 Å². The third kappa shape index (κ3) is 57.9. The smallest absolute Gasteiger partial charge is 0.306 e. The van der Waals surface area contributed by atoms with Crippen LogP contribution >= 0.6 is 0 Å². The summed E-state index contributed by atoms with van der Waals surface area (Å²) in [6.07, 6.45) is 75.2. The van der Waals surface area contributed by atoms with Gasteiger partial charge in [0.25, 0.3) is 0 Å². The van der Waals surface area contributed by atoms with E-state index in [2.05, 4.69) is 81.5 Å². The first kappa shape index (κ1) is 68.1. The molecular weight excluding hydrogens is 877 g/mol. The second-order valence-corrected chi connectivity index (χ2v) is 20.6. The van der Waals surface area contributed by atoms with Crippen molar-refractivity contribution < 1.29 is 28.6 Å².